The first-order valence-corrected chi connectivity index (χ1v) is 14.1. The van der Waals surface area contributed by atoms with Crippen molar-refractivity contribution in [2.75, 3.05) is 40.9 Å². The molecular weight excluding hydrogens is 562 g/mol. The predicted molar refractivity (Wildman–Crippen MR) is 148 cm³/mol. The highest BCUT2D eigenvalue weighted by atomic mass is 19.4. The van der Waals surface area contributed by atoms with Gasteiger partial charge in [0.1, 0.15) is 6.04 Å². The molecular formula is C31H40F6N2O3. The molecule has 2 aromatic carbocycles. The molecule has 1 aliphatic rings. The van der Waals surface area contributed by atoms with Gasteiger partial charge in [-0.2, -0.15) is 26.3 Å². The van der Waals surface area contributed by atoms with Crippen LogP contribution in [0.15, 0.2) is 36.4 Å². The summed E-state index contributed by atoms with van der Waals surface area (Å²) in [5.41, 5.74) is -2.22. The van der Waals surface area contributed by atoms with E-state index >= 15 is 0 Å². The van der Waals surface area contributed by atoms with E-state index in [2.05, 4.69) is 18.7 Å². The zero-order valence-corrected chi connectivity index (χ0v) is 24.7. The maximum atomic E-state index is 14.0. The highest BCUT2D eigenvalue weighted by Gasteiger charge is 2.37. The lowest BCUT2D eigenvalue weighted by Crippen LogP contribution is -2.44. The third kappa shape index (κ3) is 8.55. The second-order valence-electron chi connectivity index (χ2n) is 11.3. The summed E-state index contributed by atoms with van der Waals surface area (Å²) in [5.74, 6) is 1.66. The number of amides is 1. The lowest BCUT2D eigenvalue weighted by Gasteiger charge is -2.37. The molecule has 1 heterocycles. The Morgan fingerprint density at radius 1 is 0.905 bits per heavy atom. The number of carbonyl (C=O) groups is 1. The Labute approximate surface area is 243 Å². The molecule has 0 saturated carbocycles. The Kier molecular flexibility index (Phi) is 11.2. The maximum absolute atomic E-state index is 14.0. The third-order valence-electron chi connectivity index (χ3n) is 8.08. The smallest absolute Gasteiger partial charge is 0.416 e. The normalized spacial score (nSPS) is 17.9. The van der Waals surface area contributed by atoms with Crippen molar-refractivity contribution in [2.24, 2.45) is 11.8 Å². The Morgan fingerprint density at radius 3 is 2.07 bits per heavy atom. The van der Waals surface area contributed by atoms with Crippen LogP contribution >= 0.6 is 0 Å². The Morgan fingerprint density at radius 2 is 1.52 bits per heavy atom. The van der Waals surface area contributed by atoms with Gasteiger partial charge in [0, 0.05) is 13.6 Å². The highest BCUT2D eigenvalue weighted by Crippen LogP contribution is 2.37. The van der Waals surface area contributed by atoms with Gasteiger partial charge in [-0.05, 0) is 85.6 Å². The minimum atomic E-state index is -4.93. The molecule has 1 aliphatic heterocycles. The van der Waals surface area contributed by atoms with Gasteiger partial charge < -0.3 is 14.4 Å². The first-order valence-electron chi connectivity index (χ1n) is 14.1. The third-order valence-corrected chi connectivity index (χ3v) is 8.08. The van der Waals surface area contributed by atoms with Crippen LogP contribution in [0.5, 0.6) is 11.5 Å². The number of rotatable bonds is 9. The molecule has 3 rings (SSSR count). The molecule has 0 radical (unpaired) electrons. The summed E-state index contributed by atoms with van der Waals surface area (Å²) in [6.07, 6.45) is -6.10. The van der Waals surface area contributed by atoms with Gasteiger partial charge in [0.15, 0.2) is 11.5 Å². The molecule has 0 N–H and O–H groups in total. The van der Waals surface area contributed by atoms with Gasteiger partial charge in [0.05, 0.1) is 25.3 Å². The van der Waals surface area contributed by atoms with Crippen LogP contribution in [0.2, 0.25) is 0 Å². The van der Waals surface area contributed by atoms with E-state index < -0.39 is 29.5 Å². The van der Waals surface area contributed by atoms with Crippen LogP contribution < -0.4 is 9.47 Å². The summed E-state index contributed by atoms with van der Waals surface area (Å²) in [7, 11) is 4.53. The van der Waals surface area contributed by atoms with Crippen LogP contribution in [0.1, 0.15) is 67.8 Å². The number of ether oxygens (including phenoxy) is 2. The van der Waals surface area contributed by atoms with Crippen molar-refractivity contribution in [1.82, 2.24) is 9.80 Å². The van der Waals surface area contributed by atoms with Crippen molar-refractivity contribution in [3.63, 3.8) is 0 Å². The molecule has 11 heteroatoms. The van der Waals surface area contributed by atoms with Crippen LogP contribution in [0.3, 0.4) is 0 Å². The monoisotopic (exact) mass is 602 g/mol. The van der Waals surface area contributed by atoms with Gasteiger partial charge in [-0.25, -0.2) is 0 Å². The number of benzene rings is 2. The lowest BCUT2D eigenvalue weighted by molar-refractivity contribution is -0.143. The number of halogens is 6. The first kappa shape index (κ1) is 33.6. The average molecular weight is 603 g/mol. The number of likely N-dealkylation sites (N-methyl/N-ethyl adjacent to an activating group) is 1. The standard InChI is InChI=1S/C31H40F6N2O3/c1-20(2)22-8-6-7-13-39(15-12-22)28(23-9-10-26(41-4)27(18-23)42-5)29(40)38(3)14-11-21-16-24(30(32,33)34)19-25(17-21)31(35,36)37/h9-10,16-20,22,28H,6-8,11-15H2,1-5H3. The van der Waals surface area contributed by atoms with Gasteiger partial charge >= 0.3 is 12.4 Å². The number of methoxy groups -OCH3 is 2. The number of carbonyl (C=O) groups excluding carboxylic acids is 1. The van der Waals surface area contributed by atoms with Crippen molar-refractivity contribution in [3.8, 4) is 11.5 Å². The molecule has 234 valence electrons. The Hall–Kier alpha value is -2.95. The Balaban J connectivity index is 1.92. The number of hydrogen-bond acceptors (Lipinski definition) is 4. The van der Waals surface area contributed by atoms with E-state index in [1.807, 2.05) is 0 Å². The van der Waals surface area contributed by atoms with Crippen LogP contribution in [0.4, 0.5) is 26.3 Å². The van der Waals surface area contributed by atoms with Gasteiger partial charge in [-0.1, -0.05) is 32.8 Å². The minimum absolute atomic E-state index is 0.0658. The van der Waals surface area contributed by atoms with Crippen molar-refractivity contribution in [2.45, 2.75) is 64.3 Å². The van der Waals surface area contributed by atoms with Crippen molar-refractivity contribution in [1.29, 1.82) is 0 Å². The predicted octanol–water partition coefficient (Wildman–Crippen LogP) is 7.63. The summed E-state index contributed by atoms with van der Waals surface area (Å²) < 4.78 is 91.0. The zero-order valence-electron chi connectivity index (χ0n) is 24.7. The second-order valence-corrected chi connectivity index (χ2v) is 11.3. The van der Waals surface area contributed by atoms with Crippen LogP contribution in [-0.4, -0.2) is 56.6 Å². The van der Waals surface area contributed by atoms with Gasteiger partial charge in [-0.15, -0.1) is 0 Å². The van der Waals surface area contributed by atoms with E-state index in [4.69, 9.17) is 9.47 Å². The van der Waals surface area contributed by atoms with E-state index in [9.17, 15) is 31.1 Å². The van der Waals surface area contributed by atoms with E-state index in [0.29, 0.717) is 54.1 Å². The van der Waals surface area contributed by atoms with Crippen molar-refractivity contribution in [3.05, 3.63) is 58.7 Å². The molecule has 2 unspecified atom stereocenters. The fourth-order valence-corrected chi connectivity index (χ4v) is 5.55. The summed E-state index contributed by atoms with van der Waals surface area (Å²) in [5, 5.41) is 0. The summed E-state index contributed by atoms with van der Waals surface area (Å²) in [6, 6.07) is 6.07. The fraction of sp³-hybridized carbons (Fsp3) is 0.581. The molecule has 2 aromatic rings. The zero-order chi connectivity index (χ0) is 31.2. The van der Waals surface area contributed by atoms with Crippen LogP contribution in [0.25, 0.3) is 0 Å². The number of alkyl halides is 6. The largest absolute Gasteiger partial charge is 0.493 e. The van der Waals surface area contributed by atoms with E-state index in [1.165, 1.54) is 26.2 Å². The van der Waals surface area contributed by atoms with Crippen LogP contribution in [0, 0.1) is 11.8 Å². The lowest BCUT2D eigenvalue weighted by atomic mass is 9.86. The fourth-order valence-electron chi connectivity index (χ4n) is 5.55. The van der Waals surface area contributed by atoms with E-state index in [0.717, 1.165) is 25.7 Å². The SMILES string of the molecule is COc1ccc(C(C(=O)N(C)CCc2cc(C(F)(F)F)cc(C(F)(F)F)c2)N2CCCCC(C(C)C)CC2)cc1OC. The molecule has 1 amide bonds. The number of hydrogen-bond donors (Lipinski definition) is 0. The van der Waals surface area contributed by atoms with E-state index in [-0.39, 0.29) is 30.5 Å². The summed E-state index contributed by atoms with van der Waals surface area (Å²) in [6.45, 7) is 5.67. The molecule has 2 atom stereocenters. The maximum Gasteiger partial charge on any atom is 0.416 e. The highest BCUT2D eigenvalue weighted by molar-refractivity contribution is 5.83. The van der Waals surface area contributed by atoms with Crippen LogP contribution in [-0.2, 0) is 23.6 Å². The first-order chi connectivity index (χ1) is 19.6. The summed E-state index contributed by atoms with van der Waals surface area (Å²) >= 11 is 0. The molecule has 0 spiro atoms. The van der Waals surface area contributed by atoms with Gasteiger partial charge in [0.25, 0.3) is 0 Å². The Bertz CT molecular complexity index is 1170. The average Bonchev–Trinajstić information content (AvgIpc) is 2.91. The minimum Gasteiger partial charge on any atom is -0.493 e. The van der Waals surface area contributed by atoms with Crippen molar-refractivity contribution < 1.29 is 40.6 Å². The van der Waals surface area contributed by atoms with Gasteiger partial charge in [-0.3, -0.25) is 9.69 Å². The quantitative estimate of drug-likeness (QED) is 0.277. The summed E-state index contributed by atoms with van der Waals surface area (Å²) in [4.78, 5) is 17.5. The van der Waals surface area contributed by atoms with Gasteiger partial charge in [0.2, 0.25) is 5.91 Å². The number of likely N-dealkylation sites (tertiary alicyclic amines) is 1. The molecule has 5 nitrogen and oxygen atoms in total. The van der Waals surface area contributed by atoms with E-state index in [1.54, 1.807) is 18.2 Å². The molecule has 1 saturated heterocycles. The molecule has 1 fully saturated rings. The molecule has 0 bridgehead atoms. The second kappa shape index (κ2) is 14.0. The number of nitrogens with zero attached hydrogens (tertiary/aromatic N) is 2. The molecule has 0 aliphatic carbocycles. The molecule has 42 heavy (non-hydrogen) atoms. The topological polar surface area (TPSA) is 42.0 Å². The molecule has 0 aromatic heterocycles. The van der Waals surface area contributed by atoms with Crippen molar-refractivity contribution >= 4 is 5.91 Å².